The van der Waals surface area contributed by atoms with Gasteiger partial charge in [-0.1, -0.05) is 6.07 Å². The number of hydrogen-bond acceptors (Lipinski definition) is 5. The van der Waals surface area contributed by atoms with Crippen LogP contribution in [-0.2, 0) is 35.2 Å². The average molecular weight is 413 g/mol. The van der Waals surface area contributed by atoms with Crippen LogP contribution in [0, 0.1) is 0 Å². The van der Waals surface area contributed by atoms with Gasteiger partial charge < -0.3 is 15.8 Å². The second kappa shape index (κ2) is 7.99. The summed E-state index contributed by atoms with van der Waals surface area (Å²) in [6.07, 6.45) is 5.98. The number of hydrogen-bond donors (Lipinski definition) is 2. The van der Waals surface area contributed by atoms with E-state index in [4.69, 9.17) is 10.5 Å². The molecule has 2 aliphatic carbocycles. The van der Waals surface area contributed by atoms with Gasteiger partial charge >= 0.3 is 5.97 Å². The second-order valence-corrected chi connectivity index (χ2v) is 8.76. The fraction of sp³-hybridized carbons (Fsp3) is 0.409. The van der Waals surface area contributed by atoms with Gasteiger partial charge in [-0.3, -0.25) is 9.59 Å². The van der Waals surface area contributed by atoms with E-state index in [0.29, 0.717) is 16.1 Å². The molecule has 0 aliphatic heterocycles. The smallest absolute Gasteiger partial charge is 0.338 e. The van der Waals surface area contributed by atoms with Crippen molar-refractivity contribution in [3.63, 3.8) is 0 Å². The molecule has 6 nitrogen and oxygen atoms in total. The molecule has 0 spiro atoms. The van der Waals surface area contributed by atoms with Crippen LogP contribution < -0.4 is 11.1 Å². The molecule has 1 heterocycles. The van der Waals surface area contributed by atoms with Crippen LogP contribution in [0.2, 0.25) is 0 Å². The van der Waals surface area contributed by atoms with E-state index in [1.54, 1.807) is 6.07 Å². The van der Waals surface area contributed by atoms with E-state index in [1.807, 2.05) is 12.1 Å². The zero-order chi connectivity index (χ0) is 20.5. The summed E-state index contributed by atoms with van der Waals surface area (Å²) in [5.74, 6) is -1.54. The fourth-order valence-corrected chi connectivity index (χ4v) is 5.41. The van der Waals surface area contributed by atoms with Crippen molar-refractivity contribution in [2.24, 2.45) is 5.73 Å². The van der Waals surface area contributed by atoms with Gasteiger partial charge in [0.2, 0.25) is 0 Å². The summed E-state index contributed by atoms with van der Waals surface area (Å²) >= 11 is 1.38. The molecule has 2 aliphatic rings. The minimum atomic E-state index is -0.990. The predicted octanol–water partition coefficient (Wildman–Crippen LogP) is 3.40. The Hall–Kier alpha value is -2.67. The van der Waals surface area contributed by atoms with Crippen molar-refractivity contribution >= 4 is 34.1 Å². The van der Waals surface area contributed by atoms with Gasteiger partial charge in [0.05, 0.1) is 11.1 Å². The summed E-state index contributed by atoms with van der Waals surface area (Å²) in [6, 6.07) is 5.60. The van der Waals surface area contributed by atoms with Crippen LogP contribution in [0.25, 0.3) is 0 Å². The number of nitrogens with two attached hydrogens (primary N) is 1. The number of rotatable bonds is 5. The molecule has 0 saturated heterocycles. The summed E-state index contributed by atoms with van der Waals surface area (Å²) in [6.45, 7) is 1.52. The molecule has 29 heavy (non-hydrogen) atoms. The number of thiophene rings is 1. The van der Waals surface area contributed by atoms with Crippen LogP contribution in [-0.4, -0.2) is 23.9 Å². The standard InChI is InChI=1S/C22H24N2O4S/c1-12(28-22(27)15-10-9-13-5-2-3-6-14(13)11-15)20(26)24-21-18(19(23)25)16-7-4-8-17(16)29-21/h9-12H,2-8H2,1H3,(H2,23,25)(H,24,26)/t12-/m1/s1. The maximum Gasteiger partial charge on any atom is 0.338 e. The number of esters is 1. The third-order valence-corrected chi connectivity index (χ3v) is 6.85. The number of anilines is 1. The lowest BCUT2D eigenvalue weighted by molar-refractivity contribution is -0.123. The number of primary amides is 1. The summed E-state index contributed by atoms with van der Waals surface area (Å²) in [4.78, 5) is 38.0. The topological polar surface area (TPSA) is 98.5 Å². The first-order chi connectivity index (χ1) is 13.9. The van der Waals surface area contributed by atoms with Crippen molar-refractivity contribution in [1.82, 2.24) is 0 Å². The van der Waals surface area contributed by atoms with Gasteiger partial charge in [-0.25, -0.2) is 4.79 Å². The van der Waals surface area contributed by atoms with Crippen LogP contribution in [0.5, 0.6) is 0 Å². The van der Waals surface area contributed by atoms with Crippen LogP contribution >= 0.6 is 11.3 Å². The Bertz CT molecular complexity index is 995. The van der Waals surface area contributed by atoms with Crippen molar-refractivity contribution < 1.29 is 19.1 Å². The van der Waals surface area contributed by atoms with Gasteiger partial charge in [-0.2, -0.15) is 0 Å². The Morgan fingerprint density at radius 2 is 1.83 bits per heavy atom. The second-order valence-electron chi connectivity index (χ2n) is 7.65. The number of carbonyl (C=O) groups is 3. The molecule has 0 saturated carbocycles. The fourth-order valence-electron chi connectivity index (χ4n) is 4.11. The van der Waals surface area contributed by atoms with Crippen molar-refractivity contribution in [2.45, 2.75) is 58.0 Å². The van der Waals surface area contributed by atoms with Gasteiger partial charge in [0.25, 0.3) is 11.8 Å². The Morgan fingerprint density at radius 3 is 2.59 bits per heavy atom. The SMILES string of the molecule is C[C@@H](OC(=O)c1ccc2c(c1)CCCC2)C(=O)Nc1sc2c(c1C(N)=O)CCC2. The highest BCUT2D eigenvalue weighted by molar-refractivity contribution is 7.17. The molecule has 152 valence electrons. The predicted molar refractivity (Wildman–Crippen MR) is 111 cm³/mol. The zero-order valence-corrected chi connectivity index (χ0v) is 17.2. The molecule has 0 radical (unpaired) electrons. The van der Waals surface area contributed by atoms with E-state index in [9.17, 15) is 14.4 Å². The maximum atomic E-state index is 12.6. The first kappa shape index (κ1) is 19.6. The first-order valence-corrected chi connectivity index (χ1v) is 10.8. The van der Waals surface area contributed by atoms with Crippen LogP contribution in [0.1, 0.15) is 68.5 Å². The molecule has 1 atom stereocenters. The maximum absolute atomic E-state index is 12.6. The third-order valence-electron chi connectivity index (χ3n) is 5.64. The van der Waals surface area contributed by atoms with Crippen molar-refractivity contribution in [3.05, 3.63) is 50.9 Å². The van der Waals surface area contributed by atoms with Gasteiger partial charge in [0, 0.05) is 4.88 Å². The number of aryl methyl sites for hydroxylation is 3. The summed E-state index contributed by atoms with van der Waals surface area (Å²) in [5.41, 5.74) is 9.78. The number of fused-ring (bicyclic) bond motifs is 2. The van der Waals surface area contributed by atoms with E-state index < -0.39 is 23.9 Å². The molecule has 0 fully saturated rings. The molecular formula is C22H24N2O4S. The van der Waals surface area contributed by atoms with Crippen LogP contribution in [0.3, 0.4) is 0 Å². The monoisotopic (exact) mass is 412 g/mol. The molecule has 1 aromatic carbocycles. The zero-order valence-electron chi connectivity index (χ0n) is 16.4. The Balaban J connectivity index is 1.44. The number of amides is 2. The highest BCUT2D eigenvalue weighted by Crippen LogP contribution is 2.38. The molecule has 2 aromatic rings. The lowest BCUT2D eigenvalue weighted by atomic mass is 9.90. The minimum Gasteiger partial charge on any atom is -0.449 e. The molecule has 2 amide bonds. The van der Waals surface area contributed by atoms with E-state index in [-0.39, 0.29) is 0 Å². The highest BCUT2D eigenvalue weighted by atomic mass is 32.1. The Kier molecular flexibility index (Phi) is 5.41. The van der Waals surface area contributed by atoms with Crippen LogP contribution in [0.15, 0.2) is 18.2 Å². The Morgan fingerprint density at radius 1 is 1.07 bits per heavy atom. The lowest BCUT2D eigenvalue weighted by Crippen LogP contribution is -2.30. The average Bonchev–Trinajstić information content (AvgIpc) is 3.27. The number of ether oxygens (including phenoxy) is 1. The summed E-state index contributed by atoms with van der Waals surface area (Å²) < 4.78 is 5.38. The molecule has 3 N–H and O–H groups in total. The molecule has 7 heteroatoms. The molecule has 4 rings (SSSR count). The summed E-state index contributed by atoms with van der Waals surface area (Å²) in [7, 11) is 0. The van der Waals surface area contributed by atoms with E-state index in [2.05, 4.69) is 5.32 Å². The van der Waals surface area contributed by atoms with Crippen molar-refractivity contribution in [3.8, 4) is 0 Å². The molecular weight excluding hydrogens is 388 g/mol. The number of carbonyl (C=O) groups excluding carboxylic acids is 3. The van der Waals surface area contributed by atoms with Crippen molar-refractivity contribution in [1.29, 1.82) is 0 Å². The van der Waals surface area contributed by atoms with Gasteiger partial charge in [0.15, 0.2) is 6.10 Å². The Labute approximate surface area is 173 Å². The van der Waals surface area contributed by atoms with E-state index in [1.165, 1.54) is 35.8 Å². The van der Waals surface area contributed by atoms with Gasteiger partial charge in [-0.05, 0) is 80.7 Å². The van der Waals surface area contributed by atoms with E-state index >= 15 is 0 Å². The quantitative estimate of drug-likeness (QED) is 0.736. The van der Waals surface area contributed by atoms with Gasteiger partial charge in [-0.15, -0.1) is 11.3 Å². The first-order valence-electron chi connectivity index (χ1n) is 10.0. The lowest BCUT2D eigenvalue weighted by Gasteiger charge is -2.17. The molecule has 1 aromatic heterocycles. The van der Waals surface area contributed by atoms with Crippen molar-refractivity contribution in [2.75, 3.05) is 5.32 Å². The van der Waals surface area contributed by atoms with E-state index in [0.717, 1.165) is 49.0 Å². The van der Waals surface area contributed by atoms with Crippen LogP contribution in [0.4, 0.5) is 5.00 Å². The highest BCUT2D eigenvalue weighted by Gasteiger charge is 2.28. The van der Waals surface area contributed by atoms with Gasteiger partial charge in [0.1, 0.15) is 5.00 Å². The molecule has 0 bridgehead atoms. The summed E-state index contributed by atoms with van der Waals surface area (Å²) in [5, 5.41) is 3.18. The number of benzene rings is 1. The molecule has 0 unspecified atom stereocenters. The largest absolute Gasteiger partial charge is 0.449 e. The third kappa shape index (κ3) is 3.92. The minimum absolute atomic E-state index is 0.393. The number of nitrogens with one attached hydrogen (secondary N) is 1. The normalized spacial score (nSPS) is 15.9.